The van der Waals surface area contributed by atoms with Crippen LogP contribution in [0.25, 0.3) is 0 Å². The summed E-state index contributed by atoms with van der Waals surface area (Å²) in [6.45, 7) is 7.60. The Morgan fingerprint density at radius 2 is 1.74 bits per heavy atom. The normalized spacial score (nSPS) is 12.9. The van der Waals surface area contributed by atoms with Crippen LogP contribution < -0.4 is 10.0 Å². The van der Waals surface area contributed by atoms with E-state index in [2.05, 4.69) is 10.0 Å². The summed E-state index contributed by atoms with van der Waals surface area (Å²) in [4.78, 5) is 12.4. The number of anilines is 1. The Labute approximate surface area is 160 Å². The van der Waals surface area contributed by atoms with Gasteiger partial charge in [0.2, 0.25) is 15.9 Å². The zero-order valence-corrected chi connectivity index (χ0v) is 16.6. The second kappa shape index (κ2) is 7.91. The number of hydrogen-bond acceptors (Lipinski definition) is 4. The molecule has 0 aliphatic carbocycles. The summed E-state index contributed by atoms with van der Waals surface area (Å²) in [5, 5.41) is 11.5. The number of sulfonamides is 1. The molecule has 0 heterocycles. The predicted molar refractivity (Wildman–Crippen MR) is 105 cm³/mol. The topological polar surface area (TPSA) is 99.1 Å². The average molecular weight is 385 g/mol. The summed E-state index contributed by atoms with van der Waals surface area (Å²) in [6.07, 6.45) is 0. The molecule has 2 aromatic carbocycles. The van der Waals surface area contributed by atoms with Crippen molar-refractivity contribution in [1.82, 2.24) is 4.72 Å². The lowest BCUT2D eigenvalue weighted by molar-refractivity contribution is -0.117. The van der Waals surface area contributed by atoms with Crippen molar-refractivity contribution in [2.45, 2.75) is 44.0 Å². The van der Waals surface area contributed by atoms with E-state index in [1.807, 2.05) is 26.8 Å². The monoisotopic (exact) mass is 385 g/mol. The van der Waals surface area contributed by atoms with Gasteiger partial charge in [-0.25, -0.2) is 8.42 Å². The molecule has 0 unspecified atom stereocenters. The number of carbonyl (C=O) groups is 1. The molecule has 1 amide bonds. The van der Waals surface area contributed by atoms with Gasteiger partial charge in [0.25, 0.3) is 0 Å². The first-order valence-electron chi connectivity index (χ1n) is 8.47. The quantitative estimate of drug-likeness (QED) is 0.826. The first-order valence-corrected chi connectivity index (χ1v) is 9.95. The summed E-state index contributed by atoms with van der Waals surface area (Å²) < 4.78 is 27.4. The van der Waals surface area contributed by atoms with Crippen molar-refractivity contribution in [3.8, 4) is 6.07 Å². The van der Waals surface area contributed by atoms with Crippen LogP contribution in [0.5, 0.6) is 0 Å². The maximum atomic E-state index is 12.5. The molecule has 142 valence electrons. The number of carbonyl (C=O) groups excluding carboxylic acids is 1. The molecule has 1 atom stereocenters. The second-order valence-corrected chi connectivity index (χ2v) is 9.01. The van der Waals surface area contributed by atoms with E-state index in [9.17, 15) is 13.2 Å². The molecular formula is C20H23N3O3S. The van der Waals surface area contributed by atoms with Crippen LogP contribution in [0.2, 0.25) is 0 Å². The zero-order valence-electron chi connectivity index (χ0n) is 15.8. The fourth-order valence-corrected chi connectivity index (χ4v) is 3.61. The van der Waals surface area contributed by atoms with Gasteiger partial charge in [-0.15, -0.1) is 0 Å². The van der Waals surface area contributed by atoms with Gasteiger partial charge in [-0.05, 0) is 48.2 Å². The molecule has 0 aliphatic rings. The van der Waals surface area contributed by atoms with Gasteiger partial charge in [-0.3, -0.25) is 4.79 Å². The van der Waals surface area contributed by atoms with Gasteiger partial charge in [0, 0.05) is 5.69 Å². The summed E-state index contributed by atoms with van der Waals surface area (Å²) in [7, 11) is -3.84. The molecule has 0 saturated carbocycles. The molecule has 0 saturated heterocycles. The number of nitrogens with one attached hydrogen (secondary N) is 2. The number of nitriles is 1. The summed E-state index contributed by atoms with van der Waals surface area (Å²) >= 11 is 0. The Bertz CT molecular complexity index is 969. The van der Waals surface area contributed by atoms with Gasteiger partial charge in [-0.1, -0.05) is 39.0 Å². The highest BCUT2D eigenvalue weighted by Gasteiger charge is 2.23. The molecule has 0 fully saturated rings. The van der Waals surface area contributed by atoms with E-state index in [-0.39, 0.29) is 10.3 Å². The number of benzene rings is 2. The smallest absolute Gasteiger partial charge is 0.242 e. The highest BCUT2D eigenvalue weighted by molar-refractivity contribution is 7.89. The van der Waals surface area contributed by atoms with Gasteiger partial charge in [0.1, 0.15) is 0 Å². The SMILES string of the molecule is C[C@H](NS(=O)(=O)c1ccc(C(C)(C)C)cc1)C(=O)Nc1cccc(C#N)c1. The van der Waals surface area contributed by atoms with Crippen LogP contribution in [0.15, 0.2) is 53.4 Å². The fraction of sp³-hybridized carbons (Fsp3) is 0.300. The number of nitrogens with zero attached hydrogens (tertiary/aromatic N) is 1. The van der Waals surface area contributed by atoms with Crippen LogP contribution in [0.1, 0.15) is 38.8 Å². The van der Waals surface area contributed by atoms with E-state index in [1.54, 1.807) is 30.3 Å². The van der Waals surface area contributed by atoms with Crippen molar-refractivity contribution in [3.63, 3.8) is 0 Å². The second-order valence-electron chi connectivity index (χ2n) is 7.30. The van der Waals surface area contributed by atoms with E-state index in [1.165, 1.54) is 25.1 Å². The fourth-order valence-electron chi connectivity index (χ4n) is 2.41. The largest absolute Gasteiger partial charge is 0.325 e. The zero-order chi connectivity index (χ0) is 20.2. The lowest BCUT2D eigenvalue weighted by Crippen LogP contribution is -2.41. The number of hydrogen-bond donors (Lipinski definition) is 2. The van der Waals surface area contributed by atoms with Crippen LogP contribution in [-0.2, 0) is 20.2 Å². The molecule has 0 spiro atoms. The molecule has 2 aromatic rings. The Balaban J connectivity index is 2.09. The van der Waals surface area contributed by atoms with Crippen molar-refractivity contribution >= 4 is 21.6 Å². The van der Waals surface area contributed by atoms with Gasteiger partial charge < -0.3 is 5.32 Å². The maximum Gasteiger partial charge on any atom is 0.242 e. The standard InChI is InChI=1S/C20H23N3O3S/c1-14(19(24)22-17-7-5-6-15(12-17)13-21)23-27(25,26)18-10-8-16(9-11-18)20(2,3)4/h5-12,14,23H,1-4H3,(H,22,24)/t14-/m0/s1. The predicted octanol–water partition coefficient (Wildman–Crippen LogP) is 3.16. The Morgan fingerprint density at radius 1 is 1.11 bits per heavy atom. The third-order valence-electron chi connectivity index (χ3n) is 4.02. The molecule has 0 aliphatic heterocycles. The Kier molecular flexibility index (Phi) is 6.04. The molecule has 0 radical (unpaired) electrons. The minimum Gasteiger partial charge on any atom is -0.325 e. The number of rotatable bonds is 5. The van der Waals surface area contributed by atoms with Crippen molar-refractivity contribution < 1.29 is 13.2 Å². The van der Waals surface area contributed by atoms with E-state index >= 15 is 0 Å². The third-order valence-corrected chi connectivity index (χ3v) is 5.57. The van der Waals surface area contributed by atoms with Crippen LogP contribution in [-0.4, -0.2) is 20.4 Å². The van der Waals surface area contributed by atoms with E-state index in [4.69, 9.17) is 5.26 Å². The van der Waals surface area contributed by atoms with Crippen molar-refractivity contribution in [3.05, 3.63) is 59.7 Å². The molecule has 2 rings (SSSR count). The first-order chi connectivity index (χ1) is 12.5. The van der Waals surface area contributed by atoms with Gasteiger partial charge >= 0.3 is 0 Å². The third kappa shape index (κ3) is 5.39. The molecular weight excluding hydrogens is 362 g/mol. The van der Waals surface area contributed by atoms with Crippen molar-refractivity contribution in [2.24, 2.45) is 0 Å². The van der Waals surface area contributed by atoms with Crippen LogP contribution in [0, 0.1) is 11.3 Å². The van der Waals surface area contributed by atoms with E-state index in [0.717, 1.165) is 5.56 Å². The van der Waals surface area contributed by atoms with Gasteiger partial charge in [0.15, 0.2) is 0 Å². The summed E-state index contributed by atoms with van der Waals surface area (Å²) in [5.41, 5.74) is 1.77. The van der Waals surface area contributed by atoms with E-state index in [0.29, 0.717) is 11.3 Å². The lowest BCUT2D eigenvalue weighted by Gasteiger charge is -2.19. The van der Waals surface area contributed by atoms with Crippen LogP contribution in [0.3, 0.4) is 0 Å². The molecule has 27 heavy (non-hydrogen) atoms. The Hall–Kier alpha value is -2.69. The first kappa shape index (κ1) is 20.6. The highest BCUT2D eigenvalue weighted by atomic mass is 32.2. The minimum absolute atomic E-state index is 0.0825. The van der Waals surface area contributed by atoms with Gasteiger partial charge in [0.05, 0.1) is 22.6 Å². The van der Waals surface area contributed by atoms with Crippen LogP contribution in [0.4, 0.5) is 5.69 Å². The van der Waals surface area contributed by atoms with Crippen molar-refractivity contribution in [1.29, 1.82) is 5.26 Å². The van der Waals surface area contributed by atoms with Crippen LogP contribution >= 0.6 is 0 Å². The highest BCUT2D eigenvalue weighted by Crippen LogP contribution is 2.23. The average Bonchev–Trinajstić information content (AvgIpc) is 2.61. The lowest BCUT2D eigenvalue weighted by atomic mass is 9.87. The van der Waals surface area contributed by atoms with E-state index < -0.39 is 22.0 Å². The molecule has 2 N–H and O–H groups in total. The summed E-state index contributed by atoms with van der Waals surface area (Å²) in [5.74, 6) is -0.514. The number of amides is 1. The molecule has 7 heteroatoms. The molecule has 0 aromatic heterocycles. The molecule has 0 bridgehead atoms. The van der Waals surface area contributed by atoms with Crippen molar-refractivity contribution in [2.75, 3.05) is 5.32 Å². The minimum atomic E-state index is -3.84. The summed E-state index contributed by atoms with van der Waals surface area (Å²) in [6, 6.07) is 14.0. The molecule has 6 nitrogen and oxygen atoms in total. The van der Waals surface area contributed by atoms with Gasteiger partial charge in [-0.2, -0.15) is 9.98 Å². The maximum absolute atomic E-state index is 12.5. The Morgan fingerprint density at radius 3 is 2.30 bits per heavy atom.